The molecule has 0 saturated carbocycles. The van der Waals surface area contributed by atoms with E-state index >= 15 is 0 Å². The van der Waals surface area contributed by atoms with E-state index in [1.165, 1.54) is 12.1 Å². The summed E-state index contributed by atoms with van der Waals surface area (Å²) in [6, 6.07) is 10.2. The van der Waals surface area contributed by atoms with E-state index in [1.807, 2.05) is 17.5 Å². The summed E-state index contributed by atoms with van der Waals surface area (Å²) in [6.07, 6.45) is 0.743. The van der Waals surface area contributed by atoms with Crippen molar-refractivity contribution in [3.05, 3.63) is 53.0 Å². The number of hydrogen-bond donors (Lipinski definition) is 5. The number of aromatic hydroxyl groups is 2. The van der Waals surface area contributed by atoms with Gasteiger partial charge in [0.05, 0.1) is 10.6 Å². The van der Waals surface area contributed by atoms with Crippen LogP contribution < -0.4 is 10.6 Å². The van der Waals surface area contributed by atoms with Crippen LogP contribution in [-0.2, 0) is 6.54 Å². The Labute approximate surface area is 154 Å². The van der Waals surface area contributed by atoms with Crippen molar-refractivity contribution in [2.24, 2.45) is 0 Å². The quantitative estimate of drug-likeness (QED) is 0.390. The molecule has 0 bridgehead atoms. The SMILES string of the molecule is O=C(NCCCNCc1ccc(O)cc1O)c1cc(-c2cccs2)[nH]n1. The predicted molar refractivity (Wildman–Crippen MR) is 100 cm³/mol. The summed E-state index contributed by atoms with van der Waals surface area (Å²) in [5.74, 6) is -0.110. The molecule has 0 unspecified atom stereocenters. The fourth-order valence-electron chi connectivity index (χ4n) is 2.43. The predicted octanol–water partition coefficient (Wildman–Crippen LogP) is 2.46. The molecule has 0 spiro atoms. The van der Waals surface area contributed by atoms with Crippen LogP contribution in [0.2, 0.25) is 0 Å². The van der Waals surface area contributed by atoms with Gasteiger partial charge in [-0.15, -0.1) is 11.3 Å². The molecule has 0 aliphatic rings. The Kier molecular flexibility index (Phi) is 5.88. The van der Waals surface area contributed by atoms with Gasteiger partial charge in [0, 0.05) is 24.7 Å². The highest BCUT2D eigenvalue weighted by Crippen LogP contribution is 2.23. The van der Waals surface area contributed by atoms with E-state index in [2.05, 4.69) is 20.8 Å². The van der Waals surface area contributed by atoms with Crippen molar-refractivity contribution in [1.29, 1.82) is 0 Å². The van der Waals surface area contributed by atoms with Gasteiger partial charge in [-0.05, 0) is 36.5 Å². The molecule has 0 saturated heterocycles. The van der Waals surface area contributed by atoms with Gasteiger partial charge in [-0.3, -0.25) is 9.89 Å². The van der Waals surface area contributed by atoms with E-state index in [1.54, 1.807) is 23.5 Å². The summed E-state index contributed by atoms with van der Waals surface area (Å²) in [4.78, 5) is 13.1. The van der Waals surface area contributed by atoms with Crippen molar-refractivity contribution < 1.29 is 15.0 Å². The number of benzene rings is 1. The largest absolute Gasteiger partial charge is 0.508 e. The molecule has 2 aromatic heterocycles. The molecular formula is C18H20N4O3S. The average molecular weight is 372 g/mol. The average Bonchev–Trinajstić information content (AvgIpc) is 3.30. The van der Waals surface area contributed by atoms with Crippen LogP contribution in [-0.4, -0.2) is 39.4 Å². The minimum atomic E-state index is -0.208. The second-order valence-electron chi connectivity index (χ2n) is 5.74. The molecule has 26 heavy (non-hydrogen) atoms. The standard InChI is InChI=1S/C18H20N4O3S/c23-13-5-4-12(16(24)9-13)11-19-6-2-7-20-18(25)15-10-14(21-22-15)17-3-1-8-26-17/h1,3-5,8-10,19,23-24H,2,6-7,11H2,(H,20,25)(H,21,22). The van der Waals surface area contributed by atoms with Gasteiger partial charge in [0.2, 0.25) is 0 Å². The number of carbonyl (C=O) groups excluding carboxylic acids is 1. The molecule has 0 aliphatic heterocycles. The molecule has 0 radical (unpaired) electrons. The molecule has 0 aliphatic carbocycles. The van der Waals surface area contributed by atoms with Crippen LogP contribution in [0.4, 0.5) is 0 Å². The van der Waals surface area contributed by atoms with Gasteiger partial charge in [0.15, 0.2) is 5.69 Å². The number of hydrogen-bond acceptors (Lipinski definition) is 6. The lowest BCUT2D eigenvalue weighted by atomic mass is 10.2. The van der Waals surface area contributed by atoms with Crippen LogP contribution in [0.3, 0.4) is 0 Å². The lowest BCUT2D eigenvalue weighted by Crippen LogP contribution is -2.27. The summed E-state index contributed by atoms with van der Waals surface area (Å²) in [7, 11) is 0. The zero-order valence-electron chi connectivity index (χ0n) is 14.0. The van der Waals surface area contributed by atoms with Crippen LogP contribution >= 0.6 is 11.3 Å². The summed E-state index contributed by atoms with van der Waals surface area (Å²) in [5.41, 5.74) is 1.92. The first-order valence-electron chi connectivity index (χ1n) is 8.22. The van der Waals surface area contributed by atoms with Crippen LogP contribution in [0.1, 0.15) is 22.5 Å². The maximum atomic E-state index is 12.1. The van der Waals surface area contributed by atoms with Crippen LogP contribution in [0, 0.1) is 0 Å². The molecule has 7 nitrogen and oxygen atoms in total. The Morgan fingerprint density at radius 1 is 1.19 bits per heavy atom. The number of H-pyrrole nitrogens is 1. The van der Waals surface area contributed by atoms with Crippen LogP contribution in [0.15, 0.2) is 41.8 Å². The number of nitrogens with zero attached hydrogens (tertiary/aromatic N) is 1. The highest BCUT2D eigenvalue weighted by atomic mass is 32.1. The first-order valence-corrected chi connectivity index (χ1v) is 9.10. The number of rotatable bonds is 8. The number of phenolic OH excluding ortho intramolecular Hbond substituents is 2. The zero-order chi connectivity index (χ0) is 18.4. The van der Waals surface area contributed by atoms with E-state index in [0.717, 1.165) is 17.0 Å². The van der Waals surface area contributed by atoms with Crippen molar-refractivity contribution >= 4 is 17.2 Å². The Morgan fingerprint density at radius 2 is 2.08 bits per heavy atom. The third-order valence-electron chi connectivity index (χ3n) is 3.80. The van der Waals surface area contributed by atoms with Gasteiger partial charge in [-0.1, -0.05) is 12.1 Å². The van der Waals surface area contributed by atoms with Gasteiger partial charge in [0.1, 0.15) is 11.5 Å². The Bertz CT molecular complexity index is 861. The number of amides is 1. The topological polar surface area (TPSA) is 110 Å². The summed E-state index contributed by atoms with van der Waals surface area (Å²) in [5, 5.41) is 33.9. The van der Waals surface area contributed by atoms with E-state index in [0.29, 0.717) is 30.9 Å². The molecular weight excluding hydrogens is 352 g/mol. The van der Waals surface area contributed by atoms with Crippen molar-refractivity contribution in [1.82, 2.24) is 20.8 Å². The molecule has 2 heterocycles. The Hall–Kier alpha value is -2.84. The third kappa shape index (κ3) is 4.62. The fourth-order valence-corrected chi connectivity index (χ4v) is 3.12. The molecule has 0 fully saturated rings. The van der Waals surface area contributed by atoms with E-state index in [9.17, 15) is 15.0 Å². The molecule has 5 N–H and O–H groups in total. The Balaban J connectivity index is 1.36. The smallest absolute Gasteiger partial charge is 0.271 e. The first kappa shape index (κ1) is 18.0. The second kappa shape index (κ2) is 8.50. The summed E-state index contributed by atoms with van der Waals surface area (Å²) >= 11 is 1.58. The zero-order valence-corrected chi connectivity index (χ0v) is 14.8. The van der Waals surface area contributed by atoms with Crippen molar-refractivity contribution in [3.8, 4) is 22.1 Å². The minimum absolute atomic E-state index is 0.0366. The number of nitrogens with one attached hydrogen (secondary N) is 3. The van der Waals surface area contributed by atoms with Gasteiger partial charge in [-0.2, -0.15) is 5.10 Å². The van der Waals surface area contributed by atoms with Gasteiger partial charge in [0.25, 0.3) is 5.91 Å². The minimum Gasteiger partial charge on any atom is -0.508 e. The Morgan fingerprint density at radius 3 is 2.85 bits per heavy atom. The summed E-state index contributed by atoms with van der Waals surface area (Å²) in [6.45, 7) is 1.69. The highest BCUT2D eigenvalue weighted by molar-refractivity contribution is 7.13. The normalized spacial score (nSPS) is 10.8. The van der Waals surface area contributed by atoms with E-state index < -0.39 is 0 Å². The second-order valence-corrected chi connectivity index (χ2v) is 6.69. The number of carbonyl (C=O) groups is 1. The first-order chi connectivity index (χ1) is 12.6. The van der Waals surface area contributed by atoms with Crippen LogP contribution in [0.25, 0.3) is 10.6 Å². The lowest BCUT2D eigenvalue weighted by Gasteiger charge is -2.07. The molecule has 0 atom stereocenters. The summed E-state index contributed by atoms with van der Waals surface area (Å²) < 4.78 is 0. The van der Waals surface area contributed by atoms with Crippen molar-refractivity contribution in [2.75, 3.05) is 13.1 Å². The van der Waals surface area contributed by atoms with Gasteiger partial charge < -0.3 is 20.8 Å². The van der Waals surface area contributed by atoms with Crippen molar-refractivity contribution in [2.45, 2.75) is 13.0 Å². The molecule has 136 valence electrons. The maximum Gasteiger partial charge on any atom is 0.271 e. The highest BCUT2D eigenvalue weighted by Gasteiger charge is 2.11. The van der Waals surface area contributed by atoms with Gasteiger partial charge >= 0.3 is 0 Å². The van der Waals surface area contributed by atoms with Crippen molar-refractivity contribution in [3.63, 3.8) is 0 Å². The lowest BCUT2D eigenvalue weighted by molar-refractivity contribution is 0.0948. The maximum absolute atomic E-state index is 12.1. The fraction of sp³-hybridized carbons (Fsp3) is 0.222. The van der Waals surface area contributed by atoms with Gasteiger partial charge in [-0.25, -0.2) is 0 Å². The number of aromatic amines is 1. The number of phenols is 2. The molecule has 1 amide bonds. The molecule has 8 heteroatoms. The number of aromatic nitrogens is 2. The van der Waals surface area contributed by atoms with E-state index in [4.69, 9.17) is 0 Å². The molecule has 1 aromatic carbocycles. The monoisotopic (exact) mass is 372 g/mol. The number of thiophene rings is 1. The van der Waals surface area contributed by atoms with Crippen LogP contribution in [0.5, 0.6) is 11.5 Å². The third-order valence-corrected chi connectivity index (χ3v) is 4.70. The van der Waals surface area contributed by atoms with E-state index in [-0.39, 0.29) is 17.4 Å². The molecule has 3 rings (SSSR count). The molecule has 3 aromatic rings.